The molecule has 0 unspecified atom stereocenters. The Morgan fingerprint density at radius 1 is 1.39 bits per heavy atom. The lowest BCUT2D eigenvalue weighted by molar-refractivity contribution is 0.0936. The molecule has 18 heavy (non-hydrogen) atoms. The average molecular weight is 278 g/mol. The third-order valence-electron chi connectivity index (χ3n) is 2.69. The standard InChI is InChI=1S/C13H14N2OS2/c1-13(2,12(14)17)15-11(16)10-7-8-5-3-4-6-9(8)18-10/h3-7H,1-2H3,(H2,14,17)(H,15,16). The van der Waals surface area contributed by atoms with Crippen LogP contribution in [0, 0.1) is 0 Å². The molecule has 0 atom stereocenters. The van der Waals surface area contributed by atoms with Crippen molar-refractivity contribution in [1.29, 1.82) is 0 Å². The van der Waals surface area contributed by atoms with Crippen LogP contribution in [-0.4, -0.2) is 16.4 Å². The molecule has 0 bridgehead atoms. The minimum absolute atomic E-state index is 0.144. The first-order valence-corrected chi connectivity index (χ1v) is 6.73. The first-order valence-electron chi connectivity index (χ1n) is 5.51. The molecule has 3 N–H and O–H groups in total. The Balaban J connectivity index is 2.26. The Morgan fingerprint density at radius 2 is 2.06 bits per heavy atom. The van der Waals surface area contributed by atoms with E-state index in [1.807, 2.05) is 30.3 Å². The van der Waals surface area contributed by atoms with E-state index < -0.39 is 5.54 Å². The van der Waals surface area contributed by atoms with Crippen molar-refractivity contribution in [3.8, 4) is 0 Å². The Bertz CT molecular complexity index is 583. The van der Waals surface area contributed by atoms with Gasteiger partial charge in [-0.05, 0) is 31.4 Å². The molecule has 0 spiro atoms. The molecule has 3 nitrogen and oxygen atoms in total. The number of rotatable bonds is 3. The molecule has 0 aliphatic carbocycles. The summed E-state index contributed by atoms with van der Waals surface area (Å²) < 4.78 is 1.09. The first-order chi connectivity index (χ1) is 8.40. The second-order valence-corrected chi connectivity index (χ2v) is 6.12. The summed E-state index contributed by atoms with van der Waals surface area (Å²) in [5, 5.41) is 3.91. The van der Waals surface area contributed by atoms with Crippen LogP contribution in [0.4, 0.5) is 0 Å². The van der Waals surface area contributed by atoms with Crippen LogP contribution >= 0.6 is 23.6 Å². The zero-order chi connectivity index (χ0) is 13.3. The maximum absolute atomic E-state index is 12.1. The number of nitrogens with two attached hydrogens (primary N) is 1. The minimum atomic E-state index is -0.678. The van der Waals surface area contributed by atoms with Crippen LogP contribution < -0.4 is 11.1 Å². The van der Waals surface area contributed by atoms with Crippen LogP contribution in [0.1, 0.15) is 23.5 Å². The normalized spacial score (nSPS) is 11.4. The fourth-order valence-electron chi connectivity index (χ4n) is 1.50. The van der Waals surface area contributed by atoms with E-state index in [1.165, 1.54) is 11.3 Å². The van der Waals surface area contributed by atoms with Gasteiger partial charge in [-0.2, -0.15) is 0 Å². The lowest BCUT2D eigenvalue weighted by atomic mass is 10.1. The van der Waals surface area contributed by atoms with E-state index in [0.29, 0.717) is 4.88 Å². The van der Waals surface area contributed by atoms with Crippen molar-refractivity contribution in [3.05, 3.63) is 35.2 Å². The fraction of sp³-hybridized carbons (Fsp3) is 0.231. The molecule has 0 radical (unpaired) electrons. The van der Waals surface area contributed by atoms with Gasteiger partial charge in [0.1, 0.15) is 0 Å². The number of thiophene rings is 1. The zero-order valence-electron chi connectivity index (χ0n) is 10.2. The van der Waals surface area contributed by atoms with Crippen LogP contribution in [0.25, 0.3) is 10.1 Å². The number of benzene rings is 1. The number of carbonyl (C=O) groups is 1. The Labute approximate surface area is 115 Å². The van der Waals surface area contributed by atoms with E-state index in [-0.39, 0.29) is 10.9 Å². The largest absolute Gasteiger partial charge is 0.391 e. The highest BCUT2D eigenvalue weighted by Gasteiger charge is 2.24. The number of carbonyl (C=O) groups excluding carboxylic acids is 1. The van der Waals surface area contributed by atoms with Gasteiger partial charge in [0.15, 0.2) is 0 Å². The number of fused-ring (bicyclic) bond motifs is 1. The maximum atomic E-state index is 12.1. The average Bonchev–Trinajstić information content (AvgIpc) is 2.71. The van der Waals surface area contributed by atoms with Gasteiger partial charge in [0.2, 0.25) is 0 Å². The molecule has 94 valence electrons. The number of hydrogen-bond donors (Lipinski definition) is 2. The maximum Gasteiger partial charge on any atom is 0.262 e. The topological polar surface area (TPSA) is 55.1 Å². The molecule has 0 aliphatic heterocycles. The van der Waals surface area contributed by atoms with Crippen LogP contribution in [0.2, 0.25) is 0 Å². The third-order valence-corrected chi connectivity index (χ3v) is 4.32. The van der Waals surface area contributed by atoms with E-state index in [1.54, 1.807) is 13.8 Å². The first kappa shape index (κ1) is 13.0. The second-order valence-electron chi connectivity index (χ2n) is 4.59. The molecule has 0 fully saturated rings. The van der Waals surface area contributed by atoms with Crippen LogP contribution in [0.15, 0.2) is 30.3 Å². The van der Waals surface area contributed by atoms with Crippen molar-refractivity contribution >= 4 is 44.5 Å². The number of amides is 1. The molecule has 2 aromatic rings. The molecule has 1 heterocycles. The predicted octanol–water partition coefficient (Wildman–Crippen LogP) is 2.70. The zero-order valence-corrected chi connectivity index (χ0v) is 11.8. The molecule has 5 heteroatoms. The lowest BCUT2D eigenvalue weighted by Crippen LogP contribution is -2.51. The molecular weight excluding hydrogens is 264 g/mol. The molecule has 1 aromatic carbocycles. The van der Waals surface area contributed by atoms with Crippen LogP contribution in [0.5, 0.6) is 0 Å². The van der Waals surface area contributed by atoms with Crippen molar-refractivity contribution in [3.63, 3.8) is 0 Å². The van der Waals surface area contributed by atoms with E-state index in [9.17, 15) is 4.79 Å². The third kappa shape index (κ3) is 2.52. The second kappa shape index (κ2) is 4.66. The van der Waals surface area contributed by atoms with Gasteiger partial charge in [-0.15, -0.1) is 11.3 Å². The molecule has 0 aliphatic rings. The summed E-state index contributed by atoms with van der Waals surface area (Å²) in [7, 11) is 0. The highest BCUT2D eigenvalue weighted by Crippen LogP contribution is 2.25. The summed E-state index contributed by atoms with van der Waals surface area (Å²) in [5.74, 6) is -0.144. The highest BCUT2D eigenvalue weighted by atomic mass is 32.1. The van der Waals surface area contributed by atoms with Crippen LogP contribution in [0.3, 0.4) is 0 Å². The molecule has 1 aromatic heterocycles. The van der Waals surface area contributed by atoms with Crippen molar-refractivity contribution in [2.45, 2.75) is 19.4 Å². The van der Waals surface area contributed by atoms with Crippen molar-refractivity contribution in [2.75, 3.05) is 0 Å². The van der Waals surface area contributed by atoms with Gasteiger partial charge in [0.25, 0.3) is 5.91 Å². The molecule has 0 saturated heterocycles. The minimum Gasteiger partial charge on any atom is -0.391 e. The van der Waals surface area contributed by atoms with E-state index in [4.69, 9.17) is 18.0 Å². The highest BCUT2D eigenvalue weighted by molar-refractivity contribution is 7.80. The fourth-order valence-corrected chi connectivity index (χ4v) is 2.51. The summed E-state index contributed by atoms with van der Waals surface area (Å²) in [6, 6.07) is 9.77. The van der Waals surface area contributed by atoms with Gasteiger partial charge >= 0.3 is 0 Å². The predicted molar refractivity (Wildman–Crippen MR) is 80.2 cm³/mol. The molecule has 2 rings (SSSR count). The smallest absolute Gasteiger partial charge is 0.262 e. The van der Waals surface area contributed by atoms with Gasteiger partial charge < -0.3 is 11.1 Å². The van der Waals surface area contributed by atoms with Crippen molar-refractivity contribution in [2.24, 2.45) is 5.73 Å². The Morgan fingerprint density at radius 3 is 2.67 bits per heavy atom. The number of nitrogens with one attached hydrogen (secondary N) is 1. The molecular formula is C13H14N2OS2. The van der Waals surface area contributed by atoms with E-state index >= 15 is 0 Å². The lowest BCUT2D eigenvalue weighted by Gasteiger charge is -2.24. The van der Waals surface area contributed by atoms with E-state index in [2.05, 4.69) is 5.32 Å². The van der Waals surface area contributed by atoms with Gasteiger partial charge in [0, 0.05) is 4.70 Å². The van der Waals surface area contributed by atoms with Gasteiger partial charge in [-0.3, -0.25) is 4.79 Å². The quantitative estimate of drug-likeness (QED) is 0.849. The summed E-state index contributed by atoms with van der Waals surface area (Å²) in [6.07, 6.45) is 0. The van der Waals surface area contributed by atoms with E-state index in [0.717, 1.165) is 10.1 Å². The summed E-state index contributed by atoms with van der Waals surface area (Å²) in [4.78, 5) is 13.1. The monoisotopic (exact) mass is 278 g/mol. The van der Waals surface area contributed by atoms with Crippen LogP contribution in [-0.2, 0) is 0 Å². The van der Waals surface area contributed by atoms with Gasteiger partial charge in [-0.25, -0.2) is 0 Å². The van der Waals surface area contributed by atoms with Gasteiger partial charge in [0.05, 0.1) is 15.4 Å². The molecule has 0 saturated carbocycles. The SMILES string of the molecule is CC(C)(NC(=O)c1cc2ccccc2s1)C(N)=S. The Kier molecular flexibility index (Phi) is 3.36. The van der Waals surface area contributed by atoms with Crippen molar-refractivity contribution in [1.82, 2.24) is 5.32 Å². The summed E-state index contributed by atoms with van der Waals surface area (Å²) in [5.41, 5.74) is 4.91. The summed E-state index contributed by atoms with van der Waals surface area (Å²) >= 11 is 6.39. The number of hydrogen-bond acceptors (Lipinski definition) is 3. The van der Waals surface area contributed by atoms with Gasteiger partial charge in [-0.1, -0.05) is 30.4 Å². The number of thiocarbonyl (C=S) groups is 1. The molecule has 1 amide bonds. The van der Waals surface area contributed by atoms with Crippen molar-refractivity contribution < 1.29 is 4.79 Å². The summed E-state index contributed by atoms with van der Waals surface area (Å²) in [6.45, 7) is 3.58. The Hall–Kier alpha value is -1.46.